The number of fused-ring (bicyclic) bond motifs is 2. The number of carbonyl (C=O) groups excluding carboxylic acids is 1. The Morgan fingerprint density at radius 3 is 2.43 bits per heavy atom. The number of carboxylic acid groups (broad SMARTS) is 1. The Bertz CT molecular complexity index is 675. The number of hydrogen-bond donors (Lipinski definition) is 1. The highest BCUT2D eigenvalue weighted by Gasteiger charge is 2.51. The summed E-state index contributed by atoms with van der Waals surface area (Å²) in [6, 6.07) is 5.49. The van der Waals surface area contributed by atoms with Gasteiger partial charge in [0.1, 0.15) is 16.8 Å². The SMILES string of the molecule is CC(C)(OC(=O)C1(C(=O)O)CCCC1)c1cc2ccc1o2. The molecule has 5 nitrogen and oxygen atoms in total. The minimum Gasteiger partial charge on any atom is -0.480 e. The average Bonchev–Trinajstić information content (AvgIpc) is 3.14. The van der Waals surface area contributed by atoms with Gasteiger partial charge in [-0.3, -0.25) is 9.59 Å². The quantitative estimate of drug-likeness (QED) is 0.690. The van der Waals surface area contributed by atoms with Gasteiger partial charge in [0, 0.05) is 5.56 Å². The first-order valence-corrected chi connectivity index (χ1v) is 7.14. The average molecular weight is 290 g/mol. The molecule has 1 saturated carbocycles. The van der Waals surface area contributed by atoms with Gasteiger partial charge in [0.2, 0.25) is 0 Å². The number of rotatable bonds is 4. The van der Waals surface area contributed by atoms with Crippen LogP contribution >= 0.6 is 0 Å². The summed E-state index contributed by atoms with van der Waals surface area (Å²) in [5.74, 6) is -1.73. The molecule has 112 valence electrons. The van der Waals surface area contributed by atoms with E-state index in [1.165, 1.54) is 0 Å². The van der Waals surface area contributed by atoms with E-state index in [1.54, 1.807) is 13.8 Å². The van der Waals surface area contributed by atoms with Crippen molar-refractivity contribution in [3.8, 4) is 0 Å². The lowest BCUT2D eigenvalue weighted by Crippen LogP contribution is -2.41. The van der Waals surface area contributed by atoms with Crippen molar-refractivity contribution in [2.75, 3.05) is 0 Å². The molecule has 3 rings (SSSR count). The van der Waals surface area contributed by atoms with Crippen LogP contribution < -0.4 is 0 Å². The molecule has 0 atom stereocenters. The Kier molecular flexibility index (Phi) is 2.97. The second-order valence-electron chi connectivity index (χ2n) is 6.25. The minimum absolute atomic E-state index is 0.348. The van der Waals surface area contributed by atoms with Gasteiger partial charge in [-0.2, -0.15) is 0 Å². The molecule has 0 amide bonds. The Morgan fingerprint density at radius 2 is 1.95 bits per heavy atom. The smallest absolute Gasteiger partial charge is 0.324 e. The van der Waals surface area contributed by atoms with Crippen molar-refractivity contribution in [2.45, 2.75) is 45.1 Å². The summed E-state index contributed by atoms with van der Waals surface area (Å²) in [6.45, 7) is 3.51. The lowest BCUT2D eigenvalue weighted by atomic mass is 9.86. The maximum absolute atomic E-state index is 12.5. The van der Waals surface area contributed by atoms with Gasteiger partial charge in [0.15, 0.2) is 5.41 Å². The monoisotopic (exact) mass is 290 g/mol. The van der Waals surface area contributed by atoms with E-state index in [1.807, 2.05) is 18.2 Å². The van der Waals surface area contributed by atoms with E-state index in [2.05, 4.69) is 0 Å². The van der Waals surface area contributed by atoms with E-state index in [9.17, 15) is 14.7 Å². The van der Waals surface area contributed by atoms with Crippen LogP contribution in [0.1, 0.15) is 45.1 Å². The zero-order valence-corrected chi connectivity index (χ0v) is 12.1. The Labute approximate surface area is 122 Å². The number of carbonyl (C=O) groups is 2. The largest absolute Gasteiger partial charge is 0.480 e. The molecule has 2 heterocycles. The molecule has 0 saturated heterocycles. The van der Waals surface area contributed by atoms with E-state index >= 15 is 0 Å². The van der Waals surface area contributed by atoms with Crippen molar-refractivity contribution >= 4 is 23.1 Å². The molecule has 1 aliphatic rings. The number of benzene rings is 1. The molecule has 0 aliphatic heterocycles. The van der Waals surface area contributed by atoms with E-state index in [0.717, 1.165) is 24.0 Å². The summed E-state index contributed by atoms with van der Waals surface area (Å²) in [5, 5.41) is 9.44. The molecule has 21 heavy (non-hydrogen) atoms. The number of furan rings is 2. The zero-order valence-electron chi connectivity index (χ0n) is 12.1. The first-order valence-electron chi connectivity index (χ1n) is 7.14. The van der Waals surface area contributed by atoms with E-state index in [4.69, 9.17) is 9.15 Å². The fraction of sp³-hybridized carbons (Fsp3) is 0.500. The zero-order chi connectivity index (χ0) is 15.3. The molecule has 0 radical (unpaired) electrons. The molecule has 1 aliphatic carbocycles. The Hall–Kier alpha value is -2.04. The second-order valence-corrected chi connectivity index (χ2v) is 6.25. The summed E-state index contributed by atoms with van der Waals surface area (Å²) in [5.41, 5.74) is -0.142. The molecule has 2 aromatic rings. The number of ether oxygens (including phenoxy) is 1. The van der Waals surface area contributed by atoms with Crippen molar-refractivity contribution in [3.63, 3.8) is 0 Å². The maximum atomic E-state index is 12.5. The summed E-state index contributed by atoms with van der Waals surface area (Å²) in [4.78, 5) is 24.0. The van der Waals surface area contributed by atoms with Crippen LogP contribution in [0.3, 0.4) is 0 Å². The van der Waals surface area contributed by atoms with E-state index in [0.29, 0.717) is 18.4 Å². The molecule has 1 fully saturated rings. The van der Waals surface area contributed by atoms with Gasteiger partial charge >= 0.3 is 11.9 Å². The number of carboxylic acids is 1. The predicted molar refractivity (Wildman–Crippen MR) is 75.1 cm³/mol. The first kappa shape index (κ1) is 13.9. The first-order chi connectivity index (χ1) is 9.85. The second kappa shape index (κ2) is 4.48. The van der Waals surface area contributed by atoms with Crippen LogP contribution in [-0.4, -0.2) is 17.0 Å². The molecule has 0 unspecified atom stereocenters. The summed E-state index contributed by atoms with van der Waals surface area (Å²) < 4.78 is 11.1. The third-order valence-electron chi connectivity index (χ3n) is 4.43. The Morgan fingerprint density at radius 1 is 1.29 bits per heavy atom. The van der Waals surface area contributed by atoms with Crippen LogP contribution in [0.15, 0.2) is 22.6 Å². The van der Waals surface area contributed by atoms with E-state index < -0.39 is 23.0 Å². The molecular weight excluding hydrogens is 272 g/mol. The molecule has 5 heteroatoms. The van der Waals surface area contributed by atoms with Gasteiger partial charge in [-0.05, 0) is 44.9 Å². The van der Waals surface area contributed by atoms with Gasteiger partial charge in [-0.25, -0.2) is 0 Å². The third-order valence-corrected chi connectivity index (χ3v) is 4.43. The van der Waals surface area contributed by atoms with Crippen LogP contribution in [0.25, 0.3) is 11.2 Å². The van der Waals surface area contributed by atoms with E-state index in [-0.39, 0.29) is 0 Å². The van der Waals surface area contributed by atoms with Crippen LogP contribution in [0.5, 0.6) is 0 Å². The highest BCUT2D eigenvalue weighted by Crippen LogP contribution is 2.42. The maximum Gasteiger partial charge on any atom is 0.324 e. The molecule has 2 aromatic heterocycles. The number of esters is 1. The van der Waals surface area contributed by atoms with Crippen LogP contribution in [0.4, 0.5) is 0 Å². The predicted octanol–water partition coefficient (Wildman–Crippen LogP) is 3.29. The molecule has 1 N–H and O–H groups in total. The summed E-state index contributed by atoms with van der Waals surface area (Å²) in [6.07, 6.45) is 2.18. The third kappa shape index (κ3) is 2.07. The molecular formula is C16H18O5. The van der Waals surface area contributed by atoms with Crippen LogP contribution in [-0.2, 0) is 19.9 Å². The number of aliphatic carboxylic acids is 1. The van der Waals surface area contributed by atoms with Crippen LogP contribution in [0.2, 0.25) is 0 Å². The standard InChI is InChI=1S/C16H18O5/c1-15(2,11-9-10-5-6-12(11)20-10)21-14(19)16(13(17)18)7-3-4-8-16/h5-6,9H,3-4,7-8H2,1-2H3,(H,17,18). The summed E-state index contributed by atoms with van der Waals surface area (Å²) >= 11 is 0. The molecule has 0 aromatic carbocycles. The number of hydrogen-bond acceptors (Lipinski definition) is 4. The fourth-order valence-electron chi connectivity index (χ4n) is 3.13. The minimum atomic E-state index is -1.38. The molecule has 0 spiro atoms. The highest BCUT2D eigenvalue weighted by atomic mass is 16.6. The van der Waals surface area contributed by atoms with Crippen molar-refractivity contribution in [1.29, 1.82) is 0 Å². The fourth-order valence-corrected chi connectivity index (χ4v) is 3.13. The van der Waals surface area contributed by atoms with Gasteiger partial charge in [-0.1, -0.05) is 12.8 Å². The topological polar surface area (TPSA) is 76.7 Å². The Balaban J connectivity index is 1.86. The highest BCUT2D eigenvalue weighted by molar-refractivity contribution is 5.99. The van der Waals surface area contributed by atoms with Gasteiger partial charge < -0.3 is 14.3 Å². The van der Waals surface area contributed by atoms with Crippen molar-refractivity contribution in [1.82, 2.24) is 0 Å². The molecule has 2 bridgehead atoms. The lowest BCUT2D eigenvalue weighted by Gasteiger charge is -2.30. The van der Waals surface area contributed by atoms with Gasteiger partial charge in [-0.15, -0.1) is 0 Å². The normalized spacial score (nSPS) is 18.2. The van der Waals surface area contributed by atoms with Crippen LogP contribution in [0, 0.1) is 5.41 Å². The van der Waals surface area contributed by atoms with Gasteiger partial charge in [0.25, 0.3) is 0 Å². The van der Waals surface area contributed by atoms with Gasteiger partial charge in [0.05, 0.1) is 0 Å². The summed E-state index contributed by atoms with van der Waals surface area (Å²) in [7, 11) is 0. The van der Waals surface area contributed by atoms with Crippen molar-refractivity contribution < 1.29 is 23.8 Å². The lowest BCUT2D eigenvalue weighted by molar-refractivity contribution is -0.178. The van der Waals surface area contributed by atoms with Crippen molar-refractivity contribution in [2.24, 2.45) is 5.41 Å². The van der Waals surface area contributed by atoms with Crippen molar-refractivity contribution in [3.05, 3.63) is 23.8 Å².